The Labute approximate surface area is 217 Å². The molecule has 0 aliphatic heterocycles. The summed E-state index contributed by atoms with van der Waals surface area (Å²) in [5, 5.41) is 13.1. The van der Waals surface area contributed by atoms with E-state index in [-0.39, 0.29) is 28.4 Å². The molecule has 10 heteroatoms. The summed E-state index contributed by atoms with van der Waals surface area (Å²) < 4.78 is 3.15. The molecule has 0 radical (unpaired) electrons. The summed E-state index contributed by atoms with van der Waals surface area (Å²) in [6.07, 6.45) is 3.10. The highest BCUT2D eigenvalue weighted by atomic mass is 16.1. The van der Waals surface area contributed by atoms with E-state index in [1.807, 2.05) is 62.4 Å². The van der Waals surface area contributed by atoms with Gasteiger partial charge in [-0.25, -0.2) is 9.97 Å². The van der Waals surface area contributed by atoms with Gasteiger partial charge >= 0.3 is 0 Å². The van der Waals surface area contributed by atoms with E-state index in [1.165, 1.54) is 12.3 Å². The zero-order valence-corrected chi connectivity index (χ0v) is 20.8. The van der Waals surface area contributed by atoms with Crippen molar-refractivity contribution in [2.75, 3.05) is 11.1 Å². The van der Waals surface area contributed by atoms with E-state index < -0.39 is 6.04 Å². The maximum atomic E-state index is 14.2. The number of rotatable bonds is 6. The van der Waals surface area contributed by atoms with E-state index in [4.69, 9.17) is 10.7 Å². The molecule has 3 heterocycles. The Hall–Kier alpha value is -5.30. The van der Waals surface area contributed by atoms with Crippen molar-refractivity contribution in [3.63, 3.8) is 0 Å². The van der Waals surface area contributed by atoms with Gasteiger partial charge in [0, 0.05) is 18.8 Å². The summed E-state index contributed by atoms with van der Waals surface area (Å²) in [5.41, 5.74) is 8.14. The normalized spacial score (nSPS) is 11.7. The topological polar surface area (TPSA) is 145 Å². The fourth-order valence-corrected chi connectivity index (χ4v) is 4.40. The van der Waals surface area contributed by atoms with Gasteiger partial charge in [-0.1, -0.05) is 30.3 Å². The minimum Gasteiger partial charge on any atom is -0.368 e. The van der Waals surface area contributed by atoms with Gasteiger partial charge in [0.05, 0.1) is 28.8 Å². The fourth-order valence-electron chi connectivity index (χ4n) is 4.40. The summed E-state index contributed by atoms with van der Waals surface area (Å²) in [7, 11) is 0. The minimum absolute atomic E-state index is 0.0173. The molecule has 10 nitrogen and oxygen atoms in total. The summed E-state index contributed by atoms with van der Waals surface area (Å²) in [6.45, 7) is 4.23. The van der Waals surface area contributed by atoms with Crippen molar-refractivity contribution in [3.05, 3.63) is 105 Å². The molecule has 5 rings (SSSR count). The lowest BCUT2D eigenvalue weighted by molar-refractivity contribution is 0.728. The van der Waals surface area contributed by atoms with Crippen LogP contribution in [0.25, 0.3) is 27.7 Å². The van der Waals surface area contributed by atoms with Crippen LogP contribution in [0, 0.1) is 11.3 Å². The van der Waals surface area contributed by atoms with Gasteiger partial charge in [-0.2, -0.15) is 10.2 Å². The second-order valence-electron chi connectivity index (χ2n) is 8.66. The van der Waals surface area contributed by atoms with Crippen LogP contribution >= 0.6 is 0 Å². The smallest absolute Gasteiger partial charge is 0.266 e. The van der Waals surface area contributed by atoms with Crippen molar-refractivity contribution in [1.82, 2.24) is 24.1 Å². The van der Waals surface area contributed by atoms with Crippen LogP contribution in [0.4, 0.5) is 11.8 Å². The molecule has 2 aromatic carbocycles. The van der Waals surface area contributed by atoms with Crippen LogP contribution in [0.1, 0.15) is 31.3 Å². The number of fused-ring (bicyclic) bond motifs is 1. The van der Waals surface area contributed by atoms with Gasteiger partial charge in [0.2, 0.25) is 5.95 Å². The Kier molecular flexibility index (Phi) is 6.41. The molecular formula is C28H24N8O2. The lowest BCUT2D eigenvalue weighted by atomic mass is 10.0. The number of hydrogen-bond acceptors (Lipinski definition) is 8. The third kappa shape index (κ3) is 4.37. The van der Waals surface area contributed by atoms with Crippen molar-refractivity contribution in [2.45, 2.75) is 26.4 Å². The van der Waals surface area contributed by atoms with E-state index in [0.29, 0.717) is 34.5 Å². The SMILES string of the molecule is CCn1cc(-c2cccc3nc(C(C)Nc4nc(N)ncc4C#N)n(-c4ccccc4)c(=O)c23)ccc1=O. The standard InChI is InChI=1S/C28H24N8O2/c1-3-35-16-18(12-13-23(35)37)21-10-7-11-22-24(21)27(38)36(20-8-5-4-6-9-20)26(33-22)17(2)32-25-19(14-29)15-31-28(30)34-25/h4-13,15-17H,3H2,1-2H3,(H3,30,31,32,34). The van der Waals surface area contributed by atoms with Crippen molar-refractivity contribution < 1.29 is 0 Å². The Bertz CT molecular complexity index is 1820. The first-order valence-corrected chi connectivity index (χ1v) is 12.0. The molecule has 0 spiro atoms. The number of anilines is 2. The Morgan fingerprint density at radius 3 is 2.58 bits per heavy atom. The molecule has 188 valence electrons. The second kappa shape index (κ2) is 9.99. The van der Waals surface area contributed by atoms with Crippen molar-refractivity contribution in [3.8, 4) is 22.9 Å². The molecule has 0 saturated heterocycles. The van der Waals surface area contributed by atoms with Crippen LogP contribution in [0.15, 0.2) is 82.6 Å². The number of nitrogens with two attached hydrogens (primary N) is 1. The first-order chi connectivity index (χ1) is 18.4. The minimum atomic E-state index is -0.542. The molecule has 0 aliphatic rings. The zero-order chi connectivity index (χ0) is 26.8. The lowest BCUT2D eigenvalue weighted by Crippen LogP contribution is -2.28. The number of aromatic nitrogens is 5. The van der Waals surface area contributed by atoms with E-state index in [2.05, 4.69) is 15.3 Å². The molecule has 5 aromatic rings. The molecule has 0 saturated carbocycles. The summed E-state index contributed by atoms with van der Waals surface area (Å²) >= 11 is 0. The molecule has 3 aromatic heterocycles. The second-order valence-corrected chi connectivity index (χ2v) is 8.66. The van der Waals surface area contributed by atoms with Crippen LogP contribution in [0.3, 0.4) is 0 Å². The van der Waals surface area contributed by atoms with Gasteiger partial charge < -0.3 is 15.6 Å². The van der Waals surface area contributed by atoms with E-state index in [9.17, 15) is 14.9 Å². The number of hydrogen-bond donors (Lipinski definition) is 2. The quantitative estimate of drug-likeness (QED) is 0.356. The number of benzene rings is 2. The Balaban J connectivity index is 1.75. The van der Waals surface area contributed by atoms with Crippen LogP contribution < -0.4 is 22.2 Å². The third-order valence-electron chi connectivity index (χ3n) is 6.24. The number of aryl methyl sites for hydroxylation is 1. The van der Waals surface area contributed by atoms with Crippen molar-refractivity contribution in [1.29, 1.82) is 5.26 Å². The molecule has 1 unspecified atom stereocenters. The largest absolute Gasteiger partial charge is 0.368 e. The van der Waals surface area contributed by atoms with E-state index in [0.717, 1.165) is 5.56 Å². The van der Waals surface area contributed by atoms with Gasteiger partial charge in [-0.15, -0.1) is 0 Å². The Morgan fingerprint density at radius 2 is 1.84 bits per heavy atom. The highest BCUT2D eigenvalue weighted by Gasteiger charge is 2.21. The van der Waals surface area contributed by atoms with Gasteiger partial charge in [-0.05, 0) is 49.2 Å². The number of pyridine rings is 1. The van der Waals surface area contributed by atoms with Gasteiger partial charge in [0.1, 0.15) is 23.3 Å². The maximum Gasteiger partial charge on any atom is 0.266 e. The molecule has 38 heavy (non-hydrogen) atoms. The maximum absolute atomic E-state index is 14.2. The van der Waals surface area contributed by atoms with Crippen LogP contribution in [0.2, 0.25) is 0 Å². The number of nitrogens with one attached hydrogen (secondary N) is 1. The third-order valence-corrected chi connectivity index (χ3v) is 6.24. The van der Waals surface area contributed by atoms with E-state index >= 15 is 0 Å². The number of nitrogen functional groups attached to an aromatic ring is 1. The highest BCUT2D eigenvalue weighted by Crippen LogP contribution is 2.28. The number of nitrogens with zero attached hydrogens (tertiary/aromatic N) is 6. The number of nitriles is 1. The average Bonchev–Trinajstić information content (AvgIpc) is 2.93. The zero-order valence-electron chi connectivity index (χ0n) is 20.8. The summed E-state index contributed by atoms with van der Waals surface area (Å²) in [4.78, 5) is 39.4. The summed E-state index contributed by atoms with van der Waals surface area (Å²) in [5.74, 6) is 0.686. The Morgan fingerprint density at radius 1 is 1.05 bits per heavy atom. The molecule has 0 amide bonds. The molecule has 1 atom stereocenters. The molecule has 0 fully saturated rings. The molecular weight excluding hydrogens is 480 g/mol. The van der Waals surface area contributed by atoms with Crippen molar-refractivity contribution in [2.24, 2.45) is 0 Å². The predicted molar refractivity (Wildman–Crippen MR) is 146 cm³/mol. The number of para-hydroxylation sites is 1. The summed E-state index contributed by atoms with van der Waals surface area (Å²) in [6, 6.07) is 19.4. The molecule has 3 N–H and O–H groups in total. The average molecular weight is 505 g/mol. The van der Waals surface area contributed by atoms with Gasteiger partial charge in [0.15, 0.2) is 0 Å². The fraction of sp³-hybridized carbons (Fsp3) is 0.143. The lowest BCUT2D eigenvalue weighted by Gasteiger charge is -2.21. The first-order valence-electron chi connectivity index (χ1n) is 12.0. The van der Waals surface area contributed by atoms with Crippen LogP contribution in [0.5, 0.6) is 0 Å². The monoisotopic (exact) mass is 504 g/mol. The van der Waals surface area contributed by atoms with Gasteiger partial charge in [0.25, 0.3) is 11.1 Å². The van der Waals surface area contributed by atoms with E-state index in [1.54, 1.807) is 27.5 Å². The predicted octanol–water partition coefficient (Wildman–Crippen LogP) is 3.65. The van der Waals surface area contributed by atoms with Crippen LogP contribution in [-0.4, -0.2) is 24.1 Å². The molecule has 0 aliphatic carbocycles. The van der Waals surface area contributed by atoms with Crippen LogP contribution in [-0.2, 0) is 6.54 Å². The first kappa shape index (κ1) is 24.4. The van der Waals surface area contributed by atoms with Crippen molar-refractivity contribution >= 4 is 22.7 Å². The van der Waals surface area contributed by atoms with Gasteiger partial charge in [-0.3, -0.25) is 14.2 Å². The molecule has 0 bridgehead atoms. The highest BCUT2D eigenvalue weighted by molar-refractivity contribution is 5.94.